The molecule has 4 nitrogen and oxygen atoms in total. The zero-order valence-corrected chi connectivity index (χ0v) is 10.8. The third-order valence-corrected chi connectivity index (χ3v) is 4.05. The summed E-state index contributed by atoms with van der Waals surface area (Å²) in [5, 5.41) is 14.0. The number of nitrogens with zero attached hydrogens (tertiary/aromatic N) is 2. The fraction of sp³-hybridized carbons (Fsp3) is 0.769. The molecule has 1 saturated carbocycles. The molecule has 2 rings (SSSR count). The van der Waals surface area contributed by atoms with Gasteiger partial charge in [0.2, 0.25) is 0 Å². The molecule has 0 unspecified atom stereocenters. The van der Waals surface area contributed by atoms with Crippen LogP contribution in [0.1, 0.15) is 51.1 Å². The molecule has 0 aliphatic heterocycles. The van der Waals surface area contributed by atoms with E-state index in [9.17, 15) is 5.11 Å². The first-order chi connectivity index (χ1) is 8.07. The minimum absolute atomic E-state index is 0.0341. The second-order valence-electron chi connectivity index (χ2n) is 5.52. The maximum absolute atomic E-state index is 9.62. The van der Waals surface area contributed by atoms with Crippen LogP contribution in [0, 0.1) is 0 Å². The van der Waals surface area contributed by atoms with Crippen molar-refractivity contribution in [3.05, 3.63) is 18.0 Å². The van der Waals surface area contributed by atoms with Crippen LogP contribution in [0.15, 0.2) is 12.4 Å². The summed E-state index contributed by atoms with van der Waals surface area (Å²) in [6.45, 7) is 4.89. The predicted molar refractivity (Wildman–Crippen MR) is 67.8 cm³/mol. The number of aromatic nitrogens is 2. The van der Waals surface area contributed by atoms with E-state index < -0.39 is 0 Å². The van der Waals surface area contributed by atoms with Crippen molar-refractivity contribution in [2.24, 2.45) is 5.73 Å². The zero-order valence-electron chi connectivity index (χ0n) is 10.8. The highest BCUT2D eigenvalue weighted by Crippen LogP contribution is 2.38. The Hall–Kier alpha value is -0.870. The normalized spacial score (nSPS) is 29.8. The van der Waals surface area contributed by atoms with Gasteiger partial charge in [-0.3, -0.25) is 4.68 Å². The van der Waals surface area contributed by atoms with Gasteiger partial charge in [-0.05, 0) is 45.1 Å². The van der Waals surface area contributed by atoms with Gasteiger partial charge in [0.25, 0.3) is 0 Å². The van der Waals surface area contributed by atoms with Crippen molar-refractivity contribution < 1.29 is 5.11 Å². The lowest BCUT2D eigenvalue weighted by molar-refractivity contribution is 0.0974. The van der Waals surface area contributed by atoms with Gasteiger partial charge in [0.15, 0.2) is 0 Å². The van der Waals surface area contributed by atoms with Crippen LogP contribution in [0.4, 0.5) is 0 Å². The molecule has 1 heterocycles. The average Bonchev–Trinajstić information content (AvgIpc) is 2.81. The first kappa shape index (κ1) is 12.6. The van der Waals surface area contributed by atoms with Gasteiger partial charge in [-0.25, -0.2) is 0 Å². The Balaban J connectivity index is 2.22. The molecule has 17 heavy (non-hydrogen) atoms. The number of aliphatic hydroxyl groups is 1. The van der Waals surface area contributed by atoms with Crippen LogP contribution in [0.25, 0.3) is 0 Å². The highest BCUT2D eigenvalue weighted by Gasteiger charge is 2.36. The Morgan fingerprint density at radius 3 is 2.65 bits per heavy atom. The van der Waals surface area contributed by atoms with Crippen molar-refractivity contribution in [2.45, 2.75) is 57.1 Å². The lowest BCUT2D eigenvalue weighted by atomic mass is 9.70. The van der Waals surface area contributed by atoms with Gasteiger partial charge in [0, 0.05) is 24.2 Å². The molecule has 3 N–H and O–H groups in total. The Bertz CT molecular complexity index is 364. The fourth-order valence-corrected chi connectivity index (χ4v) is 2.66. The largest absolute Gasteiger partial charge is 0.393 e. The molecule has 0 bridgehead atoms. The predicted octanol–water partition coefficient (Wildman–Crippen LogP) is 1.60. The Morgan fingerprint density at radius 1 is 1.53 bits per heavy atom. The van der Waals surface area contributed by atoms with Crippen LogP contribution in [-0.2, 0) is 5.41 Å². The molecule has 1 fully saturated rings. The van der Waals surface area contributed by atoms with E-state index in [0.717, 1.165) is 25.7 Å². The van der Waals surface area contributed by atoms with Crippen LogP contribution < -0.4 is 5.73 Å². The molecule has 4 heteroatoms. The van der Waals surface area contributed by atoms with E-state index >= 15 is 0 Å². The molecule has 0 aromatic carbocycles. The molecule has 0 amide bonds. The second kappa shape index (κ2) is 4.78. The highest BCUT2D eigenvalue weighted by molar-refractivity contribution is 5.21. The van der Waals surface area contributed by atoms with E-state index in [-0.39, 0.29) is 11.5 Å². The number of hydrogen-bond donors (Lipinski definition) is 2. The zero-order chi connectivity index (χ0) is 12.5. The number of rotatable bonds is 3. The van der Waals surface area contributed by atoms with Gasteiger partial charge in [0.1, 0.15) is 0 Å². The van der Waals surface area contributed by atoms with Crippen LogP contribution >= 0.6 is 0 Å². The first-order valence-electron chi connectivity index (χ1n) is 6.50. The number of aliphatic hydroxyl groups excluding tert-OH is 1. The maximum atomic E-state index is 9.62. The summed E-state index contributed by atoms with van der Waals surface area (Å²) in [7, 11) is 0. The van der Waals surface area contributed by atoms with E-state index in [4.69, 9.17) is 5.73 Å². The number of nitrogens with two attached hydrogens (primary N) is 1. The van der Waals surface area contributed by atoms with E-state index in [1.54, 1.807) is 0 Å². The van der Waals surface area contributed by atoms with E-state index in [2.05, 4.69) is 25.1 Å². The molecule has 1 aromatic rings. The van der Waals surface area contributed by atoms with Crippen LogP contribution in [0.2, 0.25) is 0 Å². The standard InChI is InChI=1S/C13H23N3O/c1-10(2)16-8-11(7-15-16)13(9-14)5-3-12(17)4-6-13/h7-8,10,12,17H,3-6,9,14H2,1-2H3. The molecule has 1 aliphatic rings. The lowest BCUT2D eigenvalue weighted by Gasteiger charge is -2.37. The average molecular weight is 237 g/mol. The van der Waals surface area contributed by atoms with Gasteiger partial charge >= 0.3 is 0 Å². The summed E-state index contributed by atoms with van der Waals surface area (Å²) >= 11 is 0. The summed E-state index contributed by atoms with van der Waals surface area (Å²) in [6, 6.07) is 0.382. The van der Waals surface area contributed by atoms with Crippen LogP contribution in [0.3, 0.4) is 0 Å². The van der Waals surface area contributed by atoms with Crippen LogP contribution in [-0.4, -0.2) is 27.5 Å². The lowest BCUT2D eigenvalue weighted by Crippen LogP contribution is -2.39. The molecule has 1 aromatic heterocycles. The van der Waals surface area contributed by atoms with Crippen molar-refractivity contribution >= 4 is 0 Å². The first-order valence-corrected chi connectivity index (χ1v) is 6.50. The Kier molecular flexibility index (Phi) is 3.54. The molecule has 0 atom stereocenters. The van der Waals surface area contributed by atoms with Gasteiger partial charge in [-0.15, -0.1) is 0 Å². The Morgan fingerprint density at radius 2 is 2.18 bits per heavy atom. The smallest absolute Gasteiger partial charge is 0.0541 e. The summed E-state index contributed by atoms with van der Waals surface area (Å²) in [4.78, 5) is 0. The summed E-state index contributed by atoms with van der Waals surface area (Å²) < 4.78 is 1.98. The molecule has 0 saturated heterocycles. The third-order valence-electron chi connectivity index (χ3n) is 4.05. The highest BCUT2D eigenvalue weighted by atomic mass is 16.3. The molecular weight excluding hydrogens is 214 g/mol. The van der Waals surface area contributed by atoms with E-state index in [0.29, 0.717) is 12.6 Å². The van der Waals surface area contributed by atoms with Crippen molar-refractivity contribution in [1.82, 2.24) is 9.78 Å². The number of hydrogen-bond acceptors (Lipinski definition) is 3. The van der Waals surface area contributed by atoms with Gasteiger partial charge in [-0.1, -0.05) is 0 Å². The monoisotopic (exact) mass is 237 g/mol. The van der Waals surface area contributed by atoms with Crippen molar-refractivity contribution in [1.29, 1.82) is 0 Å². The molecule has 0 radical (unpaired) electrons. The van der Waals surface area contributed by atoms with Crippen molar-refractivity contribution in [3.63, 3.8) is 0 Å². The Labute approximate surface area is 103 Å². The fourth-order valence-electron chi connectivity index (χ4n) is 2.66. The molecule has 1 aliphatic carbocycles. The minimum Gasteiger partial charge on any atom is -0.393 e. The van der Waals surface area contributed by atoms with Crippen molar-refractivity contribution in [3.8, 4) is 0 Å². The second-order valence-corrected chi connectivity index (χ2v) is 5.52. The van der Waals surface area contributed by atoms with E-state index in [1.807, 2.05) is 10.9 Å². The quantitative estimate of drug-likeness (QED) is 0.839. The van der Waals surface area contributed by atoms with Gasteiger partial charge in [0.05, 0.1) is 12.3 Å². The molecule has 0 spiro atoms. The SMILES string of the molecule is CC(C)n1cc(C2(CN)CCC(O)CC2)cn1. The third kappa shape index (κ3) is 2.38. The summed E-state index contributed by atoms with van der Waals surface area (Å²) in [5.74, 6) is 0. The van der Waals surface area contributed by atoms with Crippen LogP contribution in [0.5, 0.6) is 0 Å². The van der Waals surface area contributed by atoms with Gasteiger partial charge < -0.3 is 10.8 Å². The summed E-state index contributed by atoms with van der Waals surface area (Å²) in [5.41, 5.74) is 7.25. The molecule has 96 valence electrons. The topological polar surface area (TPSA) is 64.1 Å². The van der Waals surface area contributed by atoms with Crippen molar-refractivity contribution in [2.75, 3.05) is 6.54 Å². The minimum atomic E-state index is -0.144. The molecular formula is C13H23N3O. The van der Waals surface area contributed by atoms with E-state index in [1.165, 1.54) is 5.56 Å². The maximum Gasteiger partial charge on any atom is 0.0541 e. The van der Waals surface area contributed by atoms with Gasteiger partial charge in [-0.2, -0.15) is 5.10 Å². The summed E-state index contributed by atoms with van der Waals surface area (Å²) in [6.07, 6.45) is 7.56.